The predicted molar refractivity (Wildman–Crippen MR) is 79.7 cm³/mol. The van der Waals surface area contributed by atoms with Crippen LogP contribution in [0.15, 0.2) is 21.3 Å². The molecule has 1 atom stereocenters. The van der Waals surface area contributed by atoms with E-state index >= 15 is 0 Å². The van der Waals surface area contributed by atoms with Crippen molar-refractivity contribution in [1.29, 1.82) is 0 Å². The topological polar surface area (TPSA) is 42.2 Å². The highest BCUT2D eigenvalue weighted by molar-refractivity contribution is 7.07. The van der Waals surface area contributed by atoms with E-state index in [2.05, 4.69) is 52.6 Å². The SMILES string of the molecule is CC(C)(C)c1nc(CN2CCC[C@@H]2c2ccsc2)no1. The molecule has 1 aliphatic rings. The average Bonchev–Trinajstić information content (AvgIpc) is 3.08. The molecule has 3 rings (SSSR count). The Labute approximate surface area is 123 Å². The normalized spacial score (nSPS) is 20.6. The average molecular weight is 291 g/mol. The summed E-state index contributed by atoms with van der Waals surface area (Å²) in [5.41, 5.74) is 1.34. The van der Waals surface area contributed by atoms with Crippen LogP contribution in [0.3, 0.4) is 0 Å². The summed E-state index contributed by atoms with van der Waals surface area (Å²) in [6.07, 6.45) is 2.46. The van der Waals surface area contributed by atoms with Crippen molar-refractivity contribution in [3.63, 3.8) is 0 Å². The van der Waals surface area contributed by atoms with Gasteiger partial charge in [-0.05, 0) is 41.8 Å². The van der Waals surface area contributed by atoms with Crippen LogP contribution in [0, 0.1) is 0 Å². The number of hydrogen-bond donors (Lipinski definition) is 0. The van der Waals surface area contributed by atoms with Gasteiger partial charge >= 0.3 is 0 Å². The van der Waals surface area contributed by atoms with Crippen LogP contribution in [0.5, 0.6) is 0 Å². The molecule has 2 aromatic heterocycles. The Kier molecular flexibility index (Phi) is 3.65. The summed E-state index contributed by atoms with van der Waals surface area (Å²) >= 11 is 1.77. The molecule has 1 saturated heterocycles. The molecule has 0 spiro atoms. The monoisotopic (exact) mass is 291 g/mol. The first-order valence-corrected chi connectivity index (χ1v) is 8.07. The van der Waals surface area contributed by atoms with Gasteiger partial charge in [-0.15, -0.1) is 0 Å². The fraction of sp³-hybridized carbons (Fsp3) is 0.600. The van der Waals surface area contributed by atoms with Gasteiger partial charge in [0, 0.05) is 11.5 Å². The molecule has 0 aromatic carbocycles. The van der Waals surface area contributed by atoms with Crippen molar-refractivity contribution in [3.05, 3.63) is 34.1 Å². The number of aromatic nitrogens is 2. The van der Waals surface area contributed by atoms with Crippen LogP contribution in [-0.2, 0) is 12.0 Å². The Morgan fingerprint density at radius 2 is 2.30 bits per heavy atom. The van der Waals surface area contributed by atoms with E-state index in [-0.39, 0.29) is 5.41 Å². The molecule has 0 unspecified atom stereocenters. The minimum atomic E-state index is -0.0803. The second-order valence-electron chi connectivity index (χ2n) is 6.45. The Morgan fingerprint density at radius 1 is 1.45 bits per heavy atom. The van der Waals surface area contributed by atoms with Gasteiger partial charge in [0.15, 0.2) is 5.82 Å². The van der Waals surface area contributed by atoms with Gasteiger partial charge in [0.1, 0.15) is 0 Å². The summed E-state index contributed by atoms with van der Waals surface area (Å²) in [7, 11) is 0. The van der Waals surface area contributed by atoms with Crippen LogP contribution in [0.4, 0.5) is 0 Å². The van der Waals surface area contributed by atoms with Crippen LogP contribution in [0.25, 0.3) is 0 Å². The quantitative estimate of drug-likeness (QED) is 0.863. The molecule has 5 heteroatoms. The molecule has 4 nitrogen and oxygen atoms in total. The zero-order valence-corrected chi connectivity index (χ0v) is 13.1. The Morgan fingerprint density at radius 3 is 2.95 bits per heavy atom. The molecule has 1 aliphatic heterocycles. The molecule has 0 amide bonds. The van der Waals surface area contributed by atoms with Gasteiger partial charge in [-0.3, -0.25) is 4.90 Å². The Bertz CT molecular complexity index is 556. The summed E-state index contributed by atoms with van der Waals surface area (Å²) in [5, 5.41) is 8.54. The molecule has 0 N–H and O–H groups in total. The first-order chi connectivity index (χ1) is 9.54. The first-order valence-electron chi connectivity index (χ1n) is 7.13. The van der Waals surface area contributed by atoms with E-state index in [1.54, 1.807) is 11.3 Å². The fourth-order valence-corrected chi connectivity index (χ4v) is 3.37. The third-order valence-electron chi connectivity index (χ3n) is 3.75. The van der Waals surface area contributed by atoms with Crippen molar-refractivity contribution in [2.24, 2.45) is 0 Å². The molecule has 0 radical (unpaired) electrons. The van der Waals surface area contributed by atoms with Gasteiger partial charge in [-0.1, -0.05) is 25.9 Å². The Balaban J connectivity index is 1.72. The molecule has 2 aromatic rings. The van der Waals surface area contributed by atoms with E-state index in [1.807, 2.05) is 0 Å². The smallest absolute Gasteiger partial charge is 0.232 e. The lowest BCUT2D eigenvalue weighted by Gasteiger charge is -2.22. The Hall–Kier alpha value is -1.20. The predicted octanol–water partition coefficient (Wildman–Crippen LogP) is 3.77. The second-order valence-corrected chi connectivity index (χ2v) is 7.23. The van der Waals surface area contributed by atoms with Crippen molar-refractivity contribution in [1.82, 2.24) is 15.0 Å². The zero-order valence-electron chi connectivity index (χ0n) is 12.3. The van der Waals surface area contributed by atoms with E-state index in [9.17, 15) is 0 Å². The molecule has 3 heterocycles. The standard InChI is InChI=1S/C15H21N3OS/c1-15(2,3)14-16-13(17-19-14)9-18-7-4-5-12(18)11-6-8-20-10-11/h6,8,10,12H,4-5,7,9H2,1-3H3/t12-/m1/s1. The highest BCUT2D eigenvalue weighted by Gasteiger charge is 2.28. The summed E-state index contributed by atoms with van der Waals surface area (Å²) < 4.78 is 5.38. The van der Waals surface area contributed by atoms with Gasteiger partial charge in [0.25, 0.3) is 0 Å². The van der Waals surface area contributed by atoms with E-state index in [0.717, 1.165) is 24.8 Å². The molecule has 0 saturated carbocycles. The van der Waals surface area contributed by atoms with E-state index in [1.165, 1.54) is 18.4 Å². The van der Waals surface area contributed by atoms with E-state index in [4.69, 9.17) is 4.52 Å². The minimum Gasteiger partial charge on any atom is -0.339 e. The molecular formula is C15H21N3OS. The van der Waals surface area contributed by atoms with Gasteiger partial charge < -0.3 is 4.52 Å². The number of rotatable bonds is 3. The zero-order chi connectivity index (χ0) is 14.2. The number of hydrogen-bond acceptors (Lipinski definition) is 5. The number of likely N-dealkylation sites (tertiary alicyclic amines) is 1. The summed E-state index contributed by atoms with van der Waals surface area (Å²) in [6, 6.07) is 2.74. The lowest BCUT2D eigenvalue weighted by Crippen LogP contribution is -2.23. The van der Waals surface area contributed by atoms with Crippen LogP contribution in [0.1, 0.15) is 56.9 Å². The maximum atomic E-state index is 5.38. The fourth-order valence-electron chi connectivity index (χ4n) is 2.66. The van der Waals surface area contributed by atoms with Crippen LogP contribution in [0.2, 0.25) is 0 Å². The van der Waals surface area contributed by atoms with Crippen molar-refractivity contribution >= 4 is 11.3 Å². The minimum absolute atomic E-state index is 0.0803. The molecule has 1 fully saturated rings. The second kappa shape index (κ2) is 5.30. The van der Waals surface area contributed by atoms with Crippen molar-refractivity contribution < 1.29 is 4.52 Å². The molecule has 0 bridgehead atoms. The lowest BCUT2D eigenvalue weighted by molar-refractivity contribution is 0.237. The van der Waals surface area contributed by atoms with Crippen LogP contribution < -0.4 is 0 Å². The first kappa shape index (κ1) is 13.8. The molecule has 0 aliphatic carbocycles. The van der Waals surface area contributed by atoms with Crippen molar-refractivity contribution in [2.75, 3.05) is 6.54 Å². The van der Waals surface area contributed by atoms with Crippen LogP contribution >= 0.6 is 11.3 Å². The number of nitrogens with zero attached hydrogens (tertiary/aromatic N) is 3. The molecule has 108 valence electrons. The van der Waals surface area contributed by atoms with Crippen LogP contribution in [-0.4, -0.2) is 21.6 Å². The maximum absolute atomic E-state index is 5.38. The molecular weight excluding hydrogens is 270 g/mol. The maximum Gasteiger partial charge on any atom is 0.232 e. The van der Waals surface area contributed by atoms with Gasteiger partial charge in [0.2, 0.25) is 5.89 Å². The van der Waals surface area contributed by atoms with Gasteiger partial charge in [-0.2, -0.15) is 16.3 Å². The molecule has 20 heavy (non-hydrogen) atoms. The van der Waals surface area contributed by atoms with Gasteiger partial charge in [-0.25, -0.2) is 0 Å². The summed E-state index contributed by atoms with van der Waals surface area (Å²) in [5.74, 6) is 1.52. The highest BCUT2D eigenvalue weighted by atomic mass is 32.1. The summed E-state index contributed by atoms with van der Waals surface area (Å²) in [6.45, 7) is 8.16. The van der Waals surface area contributed by atoms with Crippen molar-refractivity contribution in [2.45, 2.75) is 51.6 Å². The highest BCUT2D eigenvalue weighted by Crippen LogP contribution is 2.34. The van der Waals surface area contributed by atoms with E-state index < -0.39 is 0 Å². The third-order valence-corrected chi connectivity index (χ3v) is 4.45. The number of thiophene rings is 1. The summed E-state index contributed by atoms with van der Waals surface area (Å²) in [4.78, 5) is 7.00. The van der Waals surface area contributed by atoms with Gasteiger partial charge in [0.05, 0.1) is 6.54 Å². The third kappa shape index (κ3) is 2.79. The largest absolute Gasteiger partial charge is 0.339 e. The lowest BCUT2D eigenvalue weighted by atomic mass is 9.97. The van der Waals surface area contributed by atoms with E-state index in [0.29, 0.717) is 6.04 Å². The van der Waals surface area contributed by atoms with Crippen molar-refractivity contribution in [3.8, 4) is 0 Å².